The minimum Gasteiger partial charge on any atom is -0.368 e. The molecule has 9 heteroatoms. The number of thioether (sulfide) groups is 1. The number of nitrogen functional groups attached to an aromatic ring is 1. The zero-order valence-electron chi connectivity index (χ0n) is 16.9. The zero-order valence-corrected chi connectivity index (χ0v) is 17.8. The Labute approximate surface area is 183 Å². The van der Waals surface area contributed by atoms with Gasteiger partial charge in [0.05, 0.1) is 16.7 Å². The molecule has 0 atom stereocenters. The maximum absolute atomic E-state index is 12.9. The fraction of sp³-hybridized carbons (Fsp3) is 0.136. The molecule has 0 saturated carbocycles. The van der Waals surface area contributed by atoms with Crippen molar-refractivity contribution in [3.8, 4) is 0 Å². The van der Waals surface area contributed by atoms with Crippen molar-refractivity contribution in [2.45, 2.75) is 24.4 Å². The van der Waals surface area contributed by atoms with E-state index in [1.807, 2.05) is 49.4 Å². The molecule has 3 N–H and O–H groups in total. The van der Waals surface area contributed by atoms with E-state index in [-0.39, 0.29) is 11.5 Å². The molecule has 0 unspecified atom stereocenters. The van der Waals surface area contributed by atoms with E-state index < -0.39 is 0 Å². The Morgan fingerprint density at radius 1 is 1.10 bits per heavy atom. The topological polar surface area (TPSA) is 112 Å². The Hall–Kier alpha value is -3.72. The number of hydrogen-bond donors (Lipinski definition) is 2. The van der Waals surface area contributed by atoms with Crippen LogP contribution in [0.5, 0.6) is 0 Å². The van der Waals surface area contributed by atoms with Gasteiger partial charge in [0.15, 0.2) is 5.16 Å². The molecule has 0 saturated heterocycles. The van der Waals surface area contributed by atoms with Crippen molar-refractivity contribution in [1.82, 2.24) is 24.5 Å². The first kappa shape index (κ1) is 20.5. The number of aromatic nitrogens is 5. The van der Waals surface area contributed by atoms with Crippen LogP contribution in [0.4, 0.5) is 17.6 Å². The molecule has 0 amide bonds. The van der Waals surface area contributed by atoms with Crippen LogP contribution < -0.4 is 16.6 Å². The minimum absolute atomic E-state index is 0.106. The third kappa shape index (κ3) is 4.56. The third-order valence-corrected chi connectivity index (χ3v) is 5.53. The van der Waals surface area contributed by atoms with Crippen LogP contribution in [0.15, 0.2) is 71.1 Å². The van der Waals surface area contributed by atoms with E-state index in [0.717, 1.165) is 11.3 Å². The molecule has 2 heterocycles. The lowest BCUT2D eigenvalue weighted by Gasteiger charge is -2.12. The number of hydrogen-bond acceptors (Lipinski definition) is 8. The summed E-state index contributed by atoms with van der Waals surface area (Å²) in [4.78, 5) is 30.4. The zero-order chi connectivity index (χ0) is 21.8. The van der Waals surface area contributed by atoms with Crippen LogP contribution in [0.1, 0.15) is 11.4 Å². The van der Waals surface area contributed by atoms with E-state index in [4.69, 9.17) is 5.73 Å². The van der Waals surface area contributed by atoms with Gasteiger partial charge in [0.25, 0.3) is 5.56 Å². The van der Waals surface area contributed by atoms with Gasteiger partial charge in [-0.2, -0.15) is 15.0 Å². The molecule has 0 fully saturated rings. The highest BCUT2D eigenvalue weighted by atomic mass is 32.2. The van der Waals surface area contributed by atoms with Gasteiger partial charge < -0.3 is 11.1 Å². The van der Waals surface area contributed by atoms with Gasteiger partial charge in [0.1, 0.15) is 5.82 Å². The predicted octanol–water partition coefficient (Wildman–Crippen LogP) is 3.69. The molecular formula is C22H21N7OS. The van der Waals surface area contributed by atoms with Crippen molar-refractivity contribution in [3.63, 3.8) is 0 Å². The molecule has 2 aromatic heterocycles. The highest BCUT2D eigenvalue weighted by Gasteiger charge is 2.13. The van der Waals surface area contributed by atoms with Crippen molar-refractivity contribution >= 4 is 40.2 Å². The van der Waals surface area contributed by atoms with Crippen molar-refractivity contribution in [2.75, 3.05) is 11.1 Å². The van der Waals surface area contributed by atoms with E-state index >= 15 is 0 Å². The third-order valence-electron chi connectivity index (χ3n) is 4.56. The SMILES string of the molecule is C=CCn1c(SCc2nc(N)nc(Nc3ccccc3C)n2)nc2ccccc2c1=O. The van der Waals surface area contributed by atoms with E-state index in [9.17, 15) is 4.79 Å². The minimum atomic E-state index is -0.106. The maximum atomic E-state index is 12.9. The average molecular weight is 432 g/mol. The quantitative estimate of drug-likeness (QED) is 0.259. The van der Waals surface area contributed by atoms with Crippen LogP contribution in [-0.2, 0) is 12.3 Å². The summed E-state index contributed by atoms with van der Waals surface area (Å²) < 4.78 is 1.59. The lowest BCUT2D eigenvalue weighted by atomic mass is 10.2. The van der Waals surface area contributed by atoms with Crippen molar-refractivity contribution in [3.05, 3.63) is 82.9 Å². The Morgan fingerprint density at radius 3 is 2.68 bits per heavy atom. The molecule has 31 heavy (non-hydrogen) atoms. The molecule has 0 aliphatic heterocycles. The average Bonchev–Trinajstić information content (AvgIpc) is 2.76. The number of benzene rings is 2. The summed E-state index contributed by atoms with van der Waals surface area (Å²) in [6.45, 7) is 6.11. The predicted molar refractivity (Wildman–Crippen MR) is 124 cm³/mol. The highest BCUT2D eigenvalue weighted by molar-refractivity contribution is 7.98. The van der Waals surface area contributed by atoms with Gasteiger partial charge >= 0.3 is 0 Å². The first-order valence-corrected chi connectivity index (χ1v) is 10.6. The molecule has 4 aromatic rings. The molecule has 0 spiro atoms. The Balaban J connectivity index is 1.62. The second kappa shape index (κ2) is 8.97. The number of aryl methyl sites for hydroxylation is 1. The van der Waals surface area contributed by atoms with Crippen molar-refractivity contribution in [2.24, 2.45) is 0 Å². The van der Waals surface area contributed by atoms with Crippen LogP contribution >= 0.6 is 11.8 Å². The maximum Gasteiger partial charge on any atom is 0.262 e. The van der Waals surface area contributed by atoms with Crippen LogP contribution in [0, 0.1) is 6.92 Å². The van der Waals surface area contributed by atoms with Crippen molar-refractivity contribution < 1.29 is 0 Å². The van der Waals surface area contributed by atoms with Crippen LogP contribution in [0.2, 0.25) is 0 Å². The van der Waals surface area contributed by atoms with Crippen molar-refractivity contribution in [1.29, 1.82) is 0 Å². The molecular weight excluding hydrogens is 410 g/mol. The number of rotatable bonds is 7. The molecule has 0 bridgehead atoms. The smallest absolute Gasteiger partial charge is 0.262 e. The second-order valence-corrected chi connectivity index (χ2v) is 7.72. The largest absolute Gasteiger partial charge is 0.368 e. The summed E-state index contributed by atoms with van der Waals surface area (Å²) >= 11 is 1.36. The van der Waals surface area contributed by atoms with Gasteiger partial charge in [-0.25, -0.2) is 4.98 Å². The van der Waals surface area contributed by atoms with Gasteiger partial charge in [-0.1, -0.05) is 48.2 Å². The highest BCUT2D eigenvalue weighted by Crippen LogP contribution is 2.23. The number of allylic oxidation sites excluding steroid dienone is 1. The normalized spacial score (nSPS) is 10.9. The van der Waals surface area contributed by atoms with Crippen LogP contribution in [-0.4, -0.2) is 24.5 Å². The Kier molecular flexibility index (Phi) is 5.94. The second-order valence-electron chi connectivity index (χ2n) is 6.78. The van der Waals surface area contributed by atoms with Crippen LogP contribution in [0.25, 0.3) is 10.9 Å². The molecule has 2 aromatic carbocycles. The fourth-order valence-corrected chi connectivity index (χ4v) is 3.93. The van der Waals surface area contributed by atoms with Crippen LogP contribution in [0.3, 0.4) is 0 Å². The van der Waals surface area contributed by atoms with Gasteiger partial charge in [-0.05, 0) is 30.7 Å². The van der Waals surface area contributed by atoms with Gasteiger partial charge in [-0.15, -0.1) is 6.58 Å². The molecule has 0 radical (unpaired) electrons. The summed E-state index contributed by atoms with van der Waals surface area (Å²) in [6.07, 6.45) is 1.67. The Morgan fingerprint density at radius 2 is 1.87 bits per heavy atom. The molecule has 156 valence electrons. The first-order chi connectivity index (χ1) is 15.0. The number of anilines is 3. The standard InChI is InChI=1S/C22H21N7OS/c1-3-12-29-19(30)15-9-5-7-11-17(15)25-22(29)31-13-18-26-20(23)28-21(27-18)24-16-10-6-4-8-14(16)2/h3-11H,1,12-13H2,2H3,(H3,23,24,26,27,28). The van der Waals surface area contributed by atoms with Gasteiger partial charge in [0, 0.05) is 12.2 Å². The summed E-state index contributed by atoms with van der Waals surface area (Å²) in [7, 11) is 0. The van der Waals surface area contributed by atoms with E-state index in [0.29, 0.717) is 40.1 Å². The Bertz CT molecular complexity index is 1320. The summed E-state index contributed by atoms with van der Waals surface area (Å²) in [5.41, 5.74) is 8.39. The number of nitrogens with zero attached hydrogens (tertiary/aromatic N) is 5. The first-order valence-electron chi connectivity index (χ1n) is 9.61. The molecule has 8 nitrogen and oxygen atoms in total. The van der Waals surface area contributed by atoms with E-state index in [1.54, 1.807) is 16.7 Å². The number of para-hydroxylation sites is 2. The lowest BCUT2D eigenvalue weighted by Crippen LogP contribution is -2.22. The van der Waals surface area contributed by atoms with E-state index in [1.165, 1.54) is 11.8 Å². The molecule has 0 aliphatic rings. The monoisotopic (exact) mass is 431 g/mol. The number of nitrogens with two attached hydrogens (primary N) is 1. The number of nitrogens with one attached hydrogen (secondary N) is 1. The number of fused-ring (bicyclic) bond motifs is 1. The summed E-state index contributed by atoms with van der Waals surface area (Å²) in [6, 6.07) is 15.1. The summed E-state index contributed by atoms with van der Waals surface area (Å²) in [5.74, 6) is 1.35. The summed E-state index contributed by atoms with van der Waals surface area (Å²) in [5, 5.41) is 4.32. The molecule has 0 aliphatic carbocycles. The molecule has 4 rings (SSSR count). The lowest BCUT2D eigenvalue weighted by molar-refractivity contribution is 0.671. The van der Waals surface area contributed by atoms with Gasteiger partial charge in [0.2, 0.25) is 11.9 Å². The van der Waals surface area contributed by atoms with E-state index in [2.05, 4.69) is 31.8 Å². The van der Waals surface area contributed by atoms with Gasteiger partial charge in [-0.3, -0.25) is 9.36 Å². The fourth-order valence-electron chi connectivity index (χ4n) is 3.07.